The van der Waals surface area contributed by atoms with Crippen LogP contribution in [-0.4, -0.2) is 58.7 Å². The van der Waals surface area contributed by atoms with Gasteiger partial charge in [0.2, 0.25) is 11.8 Å². The number of carbonyl (C=O) groups is 3. The van der Waals surface area contributed by atoms with Crippen LogP contribution in [0.4, 0.5) is 5.69 Å². The molecule has 4 heterocycles. The minimum Gasteiger partial charge on any atom is -0.363 e. The van der Waals surface area contributed by atoms with E-state index < -0.39 is 6.04 Å². The van der Waals surface area contributed by atoms with Crippen LogP contribution in [0.15, 0.2) is 78.9 Å². The second-order valence-corrected chi connectivity index (χ2v) is 11.2. The Balaban J connectivity index is 1.13. The summed E-state index contributed by atoms with van der Waals surface area (Å²) in [6.45, 7) is 2.36. The van der Waals surface area contributed by atoms with Crippen LogP contribution in [0.5, 0.6) is 0 Å². The average Bonchev–Trinajstić information content (AvgIpc) is 3.42. The van der Waals surface area contributed by atoms with E-state index in [2.05, 4.69) is 87.9 Å². The first-order valence-corrected chi connectivity index (χ1v) is 14.0. The summed E-state index contributed by atoms with van der Waals surface area (Å²) in [5.74, 6) is -0.750. The monoisotopic (exact) mass is 520 g/mol. The zero-order valence-corrected chi connectivity index (χ0v) is 21.8. The van der Waals surface area contributed by atoms with E-state index in [-0.39, 0.29) is 30.2 Å². The second-order valence-electron chi connectivity index (χ2n) is 11.2. The van der Waals surface area contributed by atoms with Crippen LogP contribution in [0.3, 0.4) is 0 Å². The van der Waals surface area contributed by atoms with Gasteiger partial charge in [-0.15, -0.1) is 0 Å². The first-order valence-electron chi connectivity index (χ1n) is 14.0. The quantitative estimate of drug-likeness (QED) is 0.517. The Morgan fingerprint density at radius 2 is 1.41 bits per heavy atom. The molecular weight excluding hydrogens is 488 g/mol. The normalized spacial score (nSPS) is 24.8. The summed E-state index contributed by atoms with van der Waals surface area (Å²) < 4.78 is 0. The Bertz CT molecular complexity index is 1370. The van der Waals surface area contributed by atoms with Crippen molar-refractivity contribution in [2.45, 2.75) is 56.4 Å². The summed E-state index contributed by atoms with van der Waals surface area (Å²) >= 11 is 0. The van der Waals surface area contributed by atoms with Crippen LogP contribution in [0.25, 0.3) is 0 Å². The summed E-state index contributed by atoms with van der Waals surface area (Å²) in [5, 5.41) is 2.39. The third kappa shape index (κ3) is 4.21. The van der Waals surface area contributed by atoms with Crippen LogP contribution >= 0.6 is 0 Å². The molecule has 0 spiro atoms. The second kappa shape index (κ2) is 9.65. The Morgan fingerprint density at radius 3 is 2.03 bits per heavy atom. The highest BCUT2D eigenvalue weighted by atomic mass is 16.2. The van der Waals surface area contributed by atoms with E-state index in [1.165, 1.54) is 11.1 Å². The van der Waals surface area contributed by atoms with Crippen molar-refractivity contribution >= 4 is 23.4 Å². The number of amides is 3. The highest BCUT2D eigenvalue weighted by molar-refractivity contribution is 6.05. The molecule has 39 heavy (non-hydrogen) atoms. The lowest BCUT2D eigenvalue weighted by Gasteiger charge is -2.45. The highest BCUT2D eigenvalue weighted by Crippen LogP contribution is 2.41. The van der Waals surface area contributed by atoms with Crippen LogP contribution in [0, 0.1) is 0 Å². The Hall–Kier alpha value is -3.97. The molecule has 3 aromatic rings. The number of nitrogens with zero attached hydrogens (tertiary/aromatic N) is 3. The number of carbonyl (C=O) groups excluding carboxylic acids is 3. The third-order valence-electron chi connectivity index (χ3n) is 8.91. The fraction of sp³-hybridized carbons (Fsp3) is 0.344. The molecule has 3 amide bonds. The summed E-state index contributed by atoms with van der Waals surface area (Å²) in [6, 6.07) is 28.2. The van der Waals surface area contributed by atoms with Gasteiger partial charge in [0.25, 0.3) is 5.91 Å². The molecule has 0 radical (unpaired) electrons. The van der Waals surface area contributed by atoms with Gasteiger partial charge in [0.05, 0.1) is 6.04 Å². The molecule has 0 aliphatic carbocycles. The fourth-order valence-electron chi connectivity index (χ4n) is 7.17. The number of likely N-dealkylation sites (tertiary alicyclic amines) is 1. The summed E-state index contributed by atoms with van der Waals surface area (Å²) in [6.07, 6.45) is 2.95. The van der Waals surface area contributed by atoms with Gasteiger partial charge in [-0.2, -0.15) is 0 Å². The maximum atomic E-state index is 13.2. The van der Waals surface area contributed by atoms with Gasteiger partial charge in [0, 0.05) is 49.4 Å². The molecule has 1 N–H and O–H groups in total. The predicted octanol–water partition coefficient (Wildman–Crippen LogP) is 3.89. The molecule has 198 valence electrons. The van der Waals surface area contributed by atoms with E-state index in [4.69, 9.17) is 0 Å². The molecule has 7 rings (SSSR count). The topological polar surface area (TPSA) is 73.0 Å². The van der Waals surface area contributed by atoms with Gasteiger partial charge in [-0.05, 0) is 54.2 Å². The number of nitrogens with one attached hydrogen (secondary N) is 1. The van der Waals surface area contributed by atoms with E-state index >= 15 is 0 Å². The van der Waals surface area contributed by atoms with E-state index in [9.17, 15) is 14.4 Å². The van der Waals surface area contributed by atoms with Crippen LogP contribution in [-0.2, 0) is 16.1 Å². The molecule has 0 saturated carbocycles. The molecule has 3 fully saturated rings. The Morgan fingerprint density at radius 1 is 0.769 bits per heavy atom. The molecule has 7 heteroatoms. The highest BCUT2D eigenvalue weighted by Gasteiger charge is 2.44. The van der Waals surface area contributed by atoms with Crippen LogP contribution in [0.1, 0.15) is 58.8 Å². The number of piperidine rings is 1. The fourth-order valence-corrected chi connectivity index (χ4v) is 7.17. The summed E-state index contributed by atoms with van der Waals surface area (Å²) in [4.78, 5) is 44.1. The average molecular weight is 521 g/mol. The maximum absolute atomic E-state index is 13.2. The predicted molar refractivity (Wildman–Crippen MR) is 148 cm³/mol. The number of anilines is 1. The molecule has 4 aliphatic rings. The third-order valence-corrected chi connectivity index (χ3v) is 8.91. The van der Waals surface area contributed by atoms with Gasteiger partial charge < -0.3 is 9.80 Å². The van der Waals surface area contributed by atoms with Gasteiger partial charge >= 0.3 is 0 Å². The van der Waals surface area contributed by atoms with Gasteiger partial charge in [0.1, 0.15) is 6.04 Å². The van der Waals surface area contributed by atoms with Crippen molar-refractivity contribution in [1.82, 2.24) is 15.1 Å². The molecule has 0 aromatic heterocycles. The number of imide groups is 1. The first-order chi connectivity index (χ1) is 19.1. The van der Waals surface area contributed by atoms with Gasteiger partial charge in [-0.25, -0.2) is 0 Å². The maximum Gasteiger partial charge on any atom is 0.255 e. The van der Waals surface area contributed by atoms with Crippen molar-refractivity contribution < 1.29 is 14.4 Å². The molecule has 3 atom stereocenters. The summed E-state index contributed by atoms with van der Waals surface area (Å²) in [7, 11) is 0. The van der Waals surface area contributed by atoms with Gasteiger partial charge in [-0.3, -0.25) is 24.6 Å². The molecule has 3 saturated heterocycles. The SMILES string of the molecule is O=C1CCC(N2Cc3cc(N4C5CCC4CN(C(c4ccccc4)c4ccccc4)C5)ccc3C2=O)C(=O)N1. The molecule has 4 aliphatic heterocycles. The van der Waals surface area contributed by atoms with Crippen molar-refractivity contribution in [3.05, 3.63) is 101 Å². The van der Waals surface area contributed by atoms with E-state index in [0.717, 1.165) is 37.2 Å². The molecule has 7 nitrogen and oxygen atoms in total. The van der Waals surface area contributed by atoms with Gasteiger partial charge in [0.15, 0.2) is 0 Å². The van der Waals surface area contributed by atoms with E-state index in [1.807, 2.05) is 6.07 Å². The van der Waals surface area contributed by atoms with Crippen molar-refractivity contribution in [1.29, 1.82) is 0 Å². The Kier molecular flexibility index (Phi) is 5.96. The van der Waals surface area contributed by atoms with Crippen molar-refractivity contribution in [3.63, 3.8) is 0 Å². The number of benzene rings is 3. The molecule has 3 unspecified atom stereocenters. The number of piperazine rings is 1. The lowest BCUT2D eigenvalue weighted by Crippen LogP contribution is -2.54. The zero-order valence-electron chi connectivity index (χ0n) is 21.8. The van der Waals surface area contributed by atoms with Crippen LogP contribution in [0.2, 0.25) is 0 Å². The molecular formula is C32H32N4O3. The largest absolute Gasteiger partial charge is 0.363 e. The molecule has 3 aromatic carbocycles. The lowest BCUT2D eigenvalue weighted by molar-refractivity contribution is -0.136. The van der Waals surface area contributed by atoms with Crippen molar-refractivity contribution in [3.8, 4) is 0 Å². The van der Waals surface area contributed by atoms with E-state index in [0.29, 0.717) is 30.6 Å². The minimum absolute atomic E-state index is 0.118. The minimum atomic E-state index is -0.585. The Labute approximate surface area is 228 Å². The lowest BCUT2D eigenvalue weighted by atomic mass is 9.95. The van der Waals surface area contributed by atoms with Crippen LogP contribution < -0.4 is 10.2 Å². The van der Waals surface area contributed by atoms with Gasteiger partial charge in [-0.1, -0.05) is 60.7 Å². The van der Waals surface area contributed by atoms with Crippen molar-refractivity contribution in [2.24, 2.45) is 0 Å². The van der Waals surface area contributed by atoms with Crippen molar-refractivity contribution in [2.75, 3.05) is 18.0 Å². The first kappa shape index (κ1) is 24.1. The van der Waals surface area contributed by atoms with E-state index in [1.54, 1.807) is 4.90 Å². The molecule has 2 bridgehead atoms. The number of hydrogen-bond donors (Lipinski definition) is 1. The number of rotatable bonds is 5. The smallest absolute Gasteiger partial charge is 0.255 e. The standard InChI is InChI=1S/C32H32N4O3/c37-29-16-15-28(31(38)33-29)35-18-23-17-24(13-14-27(23)32(35)39)36-25-11-12-26(36)20-34(19-25)30(21-7-3-1-4-8-21)22-9-5-2-6-10-22/h1-10,13-14,17,25-26,28,30H,11-12,15-16,18-20H2,(H,33,37,38). The zero-order chi connectivity index (χ0) is 26.5. The summed E-state index contributed by atoms with van der Waals surface area (Å²) in [5.41, 5.74) is 5.44. The number of fused-ring (bicyclic) bond motifs is 3. The number of hydrogen-bond acceptors (Lipinski definition) is 5.